The zero-order chi connectivity index (χ0) is 13.5. The number of imidazole rings is 1. The van der Waals surface area contributed by atoms with Crippen molar-refractivity contribution in [1.82, 2.24) is 9.55 Å². The monoisotopic (exact) mass is 272 g/mol. The van der Waals surface area contributed by atoms with Crippen LogP contribution in [0.4, 0.5) is 0 Å². The lowest BCUT2D eigenvalue weighted by Crippen LogP contribution is -2.10. The highest BCUT2D eigenvalue weighted by Gasteiger charge is 2.33. The summed E-state index contributed by atoms with van der Waals surface area (Å²) in [6.45, 7) is 4.71. The number of hydrogen-bond acceptors (Lipinski definition) is 1. The van der Waals surface area contributed by atoms with Crippen molar-refractivity contribution in [2.24, 2.45) is 5.41 Å². The van der Waals surface area contributed by atoms with Gasteiger partial charge in [-0.15, -0.1) is 0 Å². The first-order chi connectivity index (χ1) is 9.07. The lowest BCUT2D eigenvalue weighted by molar-refractivity contribution is 0.358. The van der Waals surface area contributed by atoms with Gasteiger partial charge in [0.2, 0.25) is 0 Å². The van der Waals surface area contributed by atoms with Crippen LogP contribution in [0.1, 0.15) is 39.2 Å². The van der Waals surface area contributed by atoms with Gasteiger partial charge in [-0.05, 0) is 42.5 Å². The van der Waals surface area contributed by atoms with E-state index in [-0.39, 0.29) is 0 Å². The summed E-state index contributed by atoms with van der Waals surface area (Å²) in [5.41, 5.74) is 2.89. The highest BCUT2D eigenvalue weighted by molar-refractivity contribution is 7.71. The fraction of sp³-hybridized carbons (Fsp3) is 0.438. The zero-order valence-electron chi connectivity index (χ0n) is 11.5. The fourth-order valence-corrected chi connectivity index (χ4v) is 3.50. The maximum atomic E-state index is 5.49. The molecule has 3 heteroatoms. The van der Waals surface area contributed by atoms with Crippen LogP contribution in [0.5, 0.6) is 0 Å². The van der Waals surface area contributed by atoms with Crippen molar-refractivity contribution in [3.05, 3.63) is 41.3 Å². The fourth-order valence-electron chi connectivity index (χ4n) is 3.19. The number of aromatic amines is 1. The van der Waals surface area contributed by atoms with Gasteiger partial charge in [-0.2, -0.15) is 0 Å². The summed E-state index contributed by atoms with van der Waals surface area (Å²) in [6.07, 6.45) is 5.75. The Morgan fingerprint density at radius 1 is 1.26 bits per heavy atom. The average molecular weight is 272 g/mol. The molecule has 2 aromatic rings. The number of hydrogen-bond donors (Lipinski definition) is 1. The molecule has 1 N–H and O–H groups in total. The molecular weight excluding hydrogens is 252 g/mol. The van der Waals surface area contributed by atoms with Crippen molar-refractivity contribution >= 4 is 12.2 Å². The predicted molar refractivity (Wildman–Crippen MR) is 81.7 cm³/mol. The van der Waals surface area contributed by atoms with E-state index >= 15 is 0 Å². The third-order valence-electron chi connectivity index (χ3n) is 4.19. The Morgan fingerprint density at radius 3 is 2.63 bits per heavy atom. The van der Waals surface area contributed by atoms with Gasteiger partial charge in [0.05, 0.1) is 5.69 Å². The summed E-state index contributed by atoms with van der Waals surface area (Å²) in [4.78, 5) is 3.22. The second-order valence-corrected chi connectivity index (χ2v) is 6.66. The Kier molecular flexibility index (Phi) is 3.09. The number of H-pyrrole nitrogens is 1. The molecule has 0 saturated heterocycles. The Hall–Kier alpha value is -1.35. The van der Waals surface area contributed by atoms with Crippen LogP contribution in [0.2, 0.25) is 0 Å². The molecule has 0 bridgehead atoms. The minimum Gasteiger partial charge on any atom is -0.337 e. The van der Waals surface area contributed by atoms with Crippen molar-refractivity contribution in [1.29, 1.82) is 0 Å². The Bertz CT molecular complexity index is 622. The van der Waals surface area contributed by atoms with Gasteiger partial charge in [-0.3, -0.25) is 0 Å². The maximum Gasteiger partial charge on any atom is 0.177 e. The summed E-state index contributed by atoms with van der Waals surface area (Å²) >= 11 is 5.49. The molecular formula is C16H20N2S. The van der Waals surface area contributed by atoms with Crippen LogP contribution in [-0.4, -0.2) is 9.55 Å². The van der Waals surface area contributed by atoms with E-state index in [0.717, 1.165) is 4.77 Å². The van der Waals surface area contributed by atoms with Crippen molar-refractivity contribution in [2.45, 2.75) is 39.2 Å². The van der Waals surface area contributed by atoms with Crippen molar-refractivity contribution in [2.75, 3.05) is 0 Å². The molecule has 1 heterocycles. The zero-order valence-corrected chi connectivity index (χ0v) is 12.3. The highest BCUT2D eigenvalue weighted by atomic mass is 32.1. The Balaban J connectivity index is 2.03. The summed E-state index contributed by atoms with van der Waals surface area (Å²) < 4.78 is 3.17. The van der Waals surface area contributed by atoms with Gasteiger partial charge in [0.15, 0.2) is 4.77 Å². The van der Waals surface area contributed by atoms with Crippen LogP contribution in [0.15, 0.2) is 36.5 Å². The van der Waals surface area contributed by atoms with Gasteiger partial charge in [0.25, 0.3) is 0 Å². The normalized spacial score (nSPS) is 21.7. The van der Waals surface area contributed by atoms with Crippen molar-refractivity contribution < 1.29 is 0 Å². The number of aromatic nitrogens is 2. The van der Waals surface area contributed by atoms with Gasteiger partial charge in [-0.25, -0.2) is 0 Å². The van der Waals surface area contributed by atoms with Crippen LogP contribution in [0, 0.1) is 10.2 Å². The summed E-state index contributed by atoms with van der Waals surface area (Å²) in [6, 6.07) is 11.0. The topological polar surface area (TPSA) is 20.7 Å². The number of nitrogens with zero attached hydrogens (tertiary/aromatic N) is 1. The van der Waals surface area contributed by atoms with E-state index < -0.39 is 0 Å². The van der Waals surface area contributed by atoms with Crippen LogP contribution >= 0.6 is 12.2 Å². The molecule has 1 aliphatic rings. The Labute approximate surface area is 119 Å². The molecule has 19 heavy (non-hydrogen) atoms. The predicted octanol–water partition coefficient (Wildman–Crippen LogP) is 4.96. The Morgan fingerprint density at radius 2 is 2.00 bits per heavy atom. The molecule has 1 aromatic heterocycles. The second-order valence-electron chi connectivity index (χ2n) is 6.28. The largest absolute Gasteiger partial charge is 0.337 e. The SMILES string of the molecule is CC1(C)CCC(n2c(-c3ccccc3)c[nH]c2=S)C1. The van der Waals surface area contributed by atoms with Crippen LogP contribution < -0.4 is 0 Å². The van der Waals surface area contributed by atoms with Gasteiger partial charge in [0, 0.05) is 12.2 Å². The first kappa shape index (κ1) is 12.7. The van der Waals surface area contributed by atoms with Gasteiger partial charge < -0.3 is 9.55 Å². The van der Waals surface area contributed by atoms with Crippen LogP contribution in [0.25, 0.3) is 11.3 Å². The molecule has 1 atom stereocenters. The molecule has 0 radical (unpaired) electrons. The van der Waals surface area contributed by atoms with Crippen molar-refractivity contribution in [3.8, 4) is 11.3 Å². The van der Waals surface area contributed by atoms with Crippen molar-refractivity contribution in [3.63, 3.8) is 0 Å². The molecule has 1 fully saturated rings. The molecule has 0 spiro atoms. The molecule has 100 valence electrons. The molecule has 1 unspecified atom stereocenters. The van der Waals surface area contributed by atoms with Gasteiger partial charge >= 0.3 is 0 Å². The third kappa shape index (κ3) is 2.39. The lowest BCUT2D eigenvalue weighted by atomic mass is 9.92. The first-order valence-corrected chi connectivity index (χ1v) is 7.33. The van der Waals surface area contributed by atoms with Gasteiger partial charge in [0.1, 0.15) is 0 Å². The van der Waals surface area contributed by atoms with E-state index in [4.69, 9.17) is 12.2 Å². The average Bonchev–Trinajstić information content (AvgIpc) is 2.93. The van der Waals surface area contributed by atoms with Crippen LogP contribution in [0.3, 0.4) is 0 Å². The minimum atomic E-state index is 0.435. The van der Waals surface area contributed by atoms with E-state index in [1.54, 1.807) is 0 Å². The smallest absolute Gasteiger partial charge is 0.177 e. The quantitative estimate of drug-likeness (QED) is 0.766. The summed E-state index contributed by atoms with van der Waals surface area (Å²) in [5.74, 6) is 0. The lowest BCUT2D eigenvalue weighted by Gasteiger charge is -2.19. The number of nitrogens with one attached hydrogen (secondary N) is 1. The van der Waals surface area contributed by atoms with E-state index in [0.29, 0.717) is 11.5 Å². The molecule has 1 saturated carbocycles. The van der Waals surface area contributed by atoms with Gasteiger partial charge in [-0.1, -0.05) is 44.2 Å². The minimum absolute atomic E-state index is 0.435. The maximum absolute atomic E-state index is 5.49. The van der Waals surface area contributed by atoms with Crippen LogP contribution in [-0.2, 0) is 0 Å². The molecule has 3 rings (SSSR count). The highest BCUT2D eigenvalue weighted by Crippen LogP contribution is 2.44. The summed E-state index contributed by atoms with van der Waals surface area (Å²) in [7, 11) is 0. The van der Waals surface area contributed by atoms with E-state index in [1.807, 2.05) is 12.3 Å². The second kappa shape index (κ2) is 4.64. The molecule has 0 amide bonds. The third-order valence-corrected chi connectivity index (χ3v) is 4.50. The molecule has 1 aliphatic carbocycles. The number of benzene rings is 1. The molecule has 0 aliphatic heterocycles. The molecule has 1 aromatic carbocycles. The standard InChI is InChI=1S/C16H20N2S/c1-16(2)9-8-13(10-16)18-14(11-17-15(18)19)12-6-4-3-5-7-12/h3-7,11,13H,8-10H2,1-2H3,(H,17,19). The van der Waals surface area contributed by atoms with E-state index in [9.17, 15) is 0 Å². The summed E-state index contributed by atoms with van der Waals surface area (Å²) in [5, 5.41) is 0. The van der Waals surface area contributed by atoms with E-state index in [2.05, 4.69) is 47.7 Å². The molecule has 2 nitrogen and oxygen atoms in total. The first-order valence-electron chi connectivity index (χ1n) is 6.92. The van der Waals surface area contributed by atoms with E-state index in [1.165, 1.54) is 30.5 Å². The number of rotatable bonds is 2.